The molecule has 3 aliphatic carbocycles. The molecule has 0 atom stereocenters. The van der Waals surface area contributed by atoms with Gasteiger partial charge in [-0.05, 0) is 55.4 Å². The number of nitrogens with one attached hydrogen (secondary N) is 1. The standard InChI is InChI=1S/C25H20Cl2FNO5/c1-13-2-3-15(6-18(13)28)33-9-22(32)29-25-10-24(11-25,12-25)8-20(31)21-7-19(30)16-4-14(26)5-17(27)23(16)34-21/h2-7H,8-12H2,1H3,(H,29,32). The average Bonchev–Trinajstić information content (AvgIpc) is 2.72. The van der Waals surface area contributed by atoms with Gasteiger partial charge < -0.3 is 14.5 Å². The van der Waals surface area contributed by atoms with E-state index < -0.39 is 5.82 Å². The van der Waals surface area contributed by atoms with Crippen LogP contribution in [0.2, 0.25) is 10.0 Å². The quantitative estimate of drug-likeness (QED) is 0.445. The summed E-state index contributed by atoms with van der Waals surface area (Å²) in [5, 5.41) is 3.66. The Kier molecular flexibility index (Phi) is 5.45. The van der Waals surface area contributed by atoms with Crippen LogP contribution in [-0.2, 0) is 4.79 Å². The maximum Gasteiger partial charge on any atom is 0.258 e. The van der Waals surface area contributed by atoms with Gasteiger partial charge in [-0.2, -0.15) is 0 Å². The Hall–Kier alpha value is -2.90. The maximum atomic E-state index is 13.6. The van der Waals surface area contributed by atoms with Crippen molar-refractivity contribution in [3.63, 3.8) is 0 Å². The first-order valence-electron chi connectivity index (χ1n) is 10.7. The highest BCUT2D eigenvalue weighted by Crippen LogP contribution is 2.69. The van der Waals surface area contributed by atoms with Gasteiger partial charge in [0, 0.05) is 29.1 Å². The van der Waals surface area contributed by atoms with Crippen molar-refractivity contribution in [2.75, 3.05) is 6.61 Å². The third-order valence-corrected chi connectivity index (χ3v) is 7.12. The molecule has 0 spiro atoms. The predicted molar refractivity (Wildman–Crippen MR) is 125 cm³/mol. The lowest BCUT2D eigenvalue weighted by Gasteiger charge is -2.70. The van der Waals surface area contributed by atoms with Crippen LogP contribution in [0, 0.1) is 18.2 Å². The SMILES string of the molecule is Cc1ccc(OCC(=O)NC23CC(CC(=O)c4cc(=O)c5cc(Cl)cc(Cl)c5o4)(C2)C3)cc1F. The van der Waals surface area contributed by atoms with Crippen molar-refractivity contribution in [1.29, 1.82) is 0 Å². The van der Waals surface area contributed by atoms with Crippen molar-refractivity contribution in [3.8, 4) is 5.75 Å². The van der Waals surface area contributed by atoms with Gasteiger partial charge in [-0.15, -0.1) is 0 Å². The lowest BCUT2D eigenvalue weighted by Crippen LogP contribution is -2.75. The van der Waals surface area contributed by atoms with Gasteiger partial charge in [0.2, 0.25) is 0 Å². The fourth-order valence-corrected chi connectivity index (χ4v) is 5.74. The minimum absolute atomic E-state index is 0.0386. The van der Waals surface area contributed by atoms with Gasteiger partial charge >= 0.3 is 0 Å². The highest BCUT2D eigenvalue weighted by Gasteiger charge is 2.68. The molecule has 3 fully saturated rings. The molecule has 3 aromatic rings. The molecule has 34 heavy (non-hydrogen) atoms. The molecule has 9 heteroatoms. The molecule has 0 saturated heterocycles. The van der Waals surface area contributed by atoms with E-state index in [-0.39, 0.29) is 68.6 Å². The Morgan fingerprint density at radius 2 is 1.88 bits per heavy atom. The summed E-state index contributed by atoms with van der Waals surface area (Å²) >= 11 is 12.1. The van der Waals surface area contributed by atoms with Crippen LogP contribution < -0.4 is 15.5 Å². The number of rotatable bonds is 7. The van der Waals surface area contributed by atoms with Crippen molar-refractivity contribution >= 4 is 45.9 Å². The smallest absolute Gasteiger partial charge is 0.258 e. The summed E-state index contributed by atoms with van der Waals surface area (Å²) in [7, 11) is 0. The first-order valence-corrected chi connectivity index (χ1v) is 11.5. The van der Waals surface area contributed by atoms with Gasteiger partial charge in [0.1, 0.15) is 11.6 Å². The summed E-state index contributed by atoms with van der Waals surface area (Å²) in [6, 6.07) is 8.53. The largest absolute Gasteiger partial charge is 0.484 e. The summed E-state index contributed by atoms with van der Waals surface area (Å²) in [5.41, 5.74) is -0.312. The number of fused-ring (bicyclic) bond motifs is 1. The van der Waals surface area contributed by atoms with Gasteiger partial charge in [0.05, 0.1) is 10.4 Å². The van der Waals surface area contributed by atoms with Crippen LogP contribution >= 0.6 is 23.2 Å². The molecule has 1 heterocycles. The number of ketones is 1. The normalized spacial score (nSPS) is 22.6. The highest BCUT2D eigenvalue weighted by atomic mass is 35.5. The fourth-order valence-electron chi connectivity index (χ4n) is 5.21. The van der Waals surface area contributed by atoms with E-state index in [4.69, 9.17) is 32.4 Å². The number of hydrogen-bond acceptors (Lipinski definition) is 5. The van der Waals surface area contributed by atoms with Crippen LogP contribution in [0.3, 0.4) is 0 Å². The van der Waals surface area contributed by atoms with E-state index >= 15 is 0 Å². The molecule has 1 N–H and O–H groups in total. The van der Waals surface area contributed by atoms with Gasteiger partial charge in [0.25, 0.3) is 5.91 Å². The number of carbonyl (C=O) groups excluding carboxylic acids is 2. The van der Waals surface area contributed by atoms with Crippen molar-refractivity contribution < 1.29 is 23.1 Å². The topological polar surface area (TPSA) is 85.6 Å². The van der Waals surface area contributed by atoms with Crippen LogP contribution in [0.15, 0.2) is 45.6 Å². The Balaban J connectivity index is 1.17. The van der Waals surface area contributed by atoms with Crippen LogP contribution in [0.1, 0.15) is 41.8 Å². The number of aryl methyl sites for hydroxylation is 1. The van der Waals surface area contributed by atoms with Crippen molar-refractivity contribution in [3.05, 3.63) is 73.8 Å². The molecular formula is C25H20Cl2FNO5. The molecule has 3 aliphatic rings. The number of ether oxygens (including phenoxy) is 1. The van der Waals surface area contributed by atoms with Gasteiger partial charge in [-0.3, -0.25) is 14.4 Å². The average molecular weight is 504 g/mol. The van der Waals surface area contributed by atoms with Gasteiger partial charge in [-0.1, -0.05) is 29.3 Å². The Morgan fingerprint density at radius 3 is 2.59 bits per heavy atom. The Bertz CT molecular complexity index is 1400. The summed E-state index contributed by atoms with van der Waals surface area (Å²) < 4.78 is 24.6. The number of hydrogen-bond donors (Lipinski definition) is 1. The zero-order chi connectivity index (χ0) is 24.3. The number of benzene rings is 2. The summed E-state index contributed by atoms with van der Waals surface area (Å²) in [4.78, 5) is 37.6. The minimum Gasteiger partial charge on any atom is -0.484 e. The van der Waals surface area contributed by atoms with E-state index in [9.17, 15) is 18.8 Å². The maximum absolute atomic E-state index is 13.6. The predicted octanol–water partition coefficient (Wildman–Crippen LogP) is 5.24. The van der Waals surface area contributed by atoms with Crippen molar-refractivity contribution in [2.45, 2.75) is 38.1 Å². The van der Waals surface area contributed by atoms with Crippen LogP contribution in [0.5, 0.6) is 5.75 Å². The second-order valence-electron chi connectivity index (χ2n) is 9.40. The zero-order valence-corrected chi connectivity index (χ0v) is 19.7. The third kappa shape index (κ3) is 4.07. The first kappa shape index (κ1) is 22.9. The molecule has 0 radical (unpaired) electrons. The molecule has 1 amide bonds. The van der Waals surface area contributed by atoms with E-state index in [1.54, 1.807) is 19.1 Å². The molecule has 2 aromatic carbocycles. The van der Waals surface area contributed by atoms with Gasteiger partial charge in [0.15, 0.2) is 29.2 Å². The number of halogens is 3. The van der Waals surface area contributed by atoms with E-state index in [1.165, 1.54) is 24.3 Å². The summed E-state index contributed by atoms with van der Waals surface area (Å²) in [6.07, 6.45) is 2.18. The number of amides is 1. The highest BCUT2D eigenvalue weighted by molar-refractivity contribution is 6.38. The van der Waals surface area contributed by atoms with Crippen LogP contribution in [0.25, 0.3) is 11.0 Å². The van der Waals surface area contributed by atoms with Crippen LogP contribution in [-0.4, -0.2) is 23.8 Å². The molecule has 176 valence electrons. The van der Waals surface area contributed by atoms with Crippen molar-refractivity contribution in [1.82, 2.24) is 5.32 Å². The second-order valence-corrected chi connectivity index (χ2v) is 10.2. The first-order chi connectivity index (χ1) is 16.1. The van der Waals surface area contributed by atoms with Crippen LogP contribution in [0.4, 0.5) is 4.39 Å². The fraction of sp³-hybridized carbons (Fsp3) is 0.320. The molecule has 2 bridgehead atoms. The van der Waals surface area contributed by atoms with E-state index in [0.717, 1.165) is 0 Å². The zero-order valence-electron chi connectivity index (χ0n) is 18.2. The molecule has 0 unspecified atom stereocenters. The molecule has 0 aliphatic heterocycles. The summed E-state index contributed by atoms with van der Waals surface area (Å²) in [6.45, 7) is 1.43. The summed E-state index contributed by atoms with van der Waals surface area (Å²) in [5.74, 6) is -0.721. The lowest BCUT2D eigenvalue weighted by atomic mass is 9.38. The molecule has 3 saturated carbocycles. The van der Waals surface area contributed by atoms with E-state index in [1.807, 2.05) is 0 Å². The molecule has 6 nitrogen and oxygen atoms in total. The van der Waals surface area contributed by atoms with E-state index in [0.29, 0.717) is 29.8 Å². The Morgan fingerprint density at radius 1 is 1.15 bits per heavy atom. The number of Topliss-reactive ketones (excluding diaryl/α,β-unsaturated/α-hetero) is 1. The number of carbonyl (C=O) groups is 2. The minimum atomic E-state index is -0.391. The van der Waals surface area contributed by atoms with E-state index in [2.05, 4.69) is 5.32 Å². The Labute approximate surface area is 204 Å². The lowest BCUT2D eigenvalue weighted by molar-refractivity contribution is -0.164. The third-order valence-electron chi connectivity index (χ3n) is 6.62. The monoisotopic (exact) mass is 503 g/mol. The molecular weight excluding hydrogens is 484 g/mol. The second kappa shape index (κ2) is 8.10. The van der Waals surface area contributed by atoms with Crippen molar-refractivity contribution in [2.24, 2.45) is 5.41 Å². The van der Waals surface area contributed by atoms with Gasteiger partial charge in [-0.25, -0.2) is 4.39 Å². The molecule has 6 rings (SSSR count). The molecule has 1 aromatic heterocycles.